The Morgan fingerprint density at radius 3 is 2.82 bits per heavy atom. The number of carbonyl (C=O) groups is 1. The van der Waals surface area contributed by atoms with Gasteiger partial charge in [-0.15, -0.1) is 0 Å². The predicted molar refractivity (Wildman–Crippen MR) is 99.1 cm³/mol. The van der Waals surface area contributed by atoms with Crippen LogP contribution in [0.3, 0.4) is 0 Å². The minimum Gasteiger partial charge on any atom is -0.436 e. The molecule has 11 heteroatoms. The van der Waals surface area contributed by atoms with Crippen molar-refractivity contribution in [3.63, 3.8) is 0 Å². The summed E-state index contributed by atoms with van der Waals surface area (Å²) in [6, 6.07) is 3.04. The summed E-state index contributed by atoms with van der Waals surface area (Å²) in [4.78, 5) is 24.7. The Kier molecular flexibility index (Phi) is 5.13. The smallest absolute Gasteiger partial charge is 0.436 e. The number of aromatic nitrogens is 2. The van der Waals surface area contributed by atoms with Crippen molar-refractivity contribution in [3.8, 4) is 0 Å². The second kappa shape index (κ2) is 7.12. The first-order valence-electron chi connectivity index (χ1n) is 8.32. The number of hydrogen-bond acceptors (Lipinski definition) is 7. The number of aryl methyl sites for hydroxylation is 1. The van der Waals surface area contributed by atoms with Crippen LogP contribution in [-0.4, -0.2) is 26.3 Å². The maximum Gasteiger partial charge on any atom is 0.452 e. The molecule has 2 atom stereocenters. The number of nitrogens with two attached hydrogens (primary N) is 1. The quantitative estimate of drug-likeness (QED) is 0.795. The number of nitrogens with one attached hydrogen (secondary N) is 1. The third kappa shape index (κ3) is 4.13. The monoisotopic (exact) mass is 413 g/mol. The van der Waals surface area contributed by atoms with Crippen LogP contribution in [0.5, 0.6) is 0 Å². The summed E-state index contributed by atoms with van der Waals surface area (Å²) in [5, 5.41) is 3.07. The molecule has 3 heterocycles. The number of amides is 1. The lowest BCUT2D eigenvalue weighted by Crippen LogP contribution is -2.33. The van der Waals surface area contributed by atoms with Gasteiger partial charge in [0, 0.05) is 24.1 Å². The Labute approximate surface area is 163 Å². The fourth-order valence-electron chi connectivity index (χ4n) is 3.05. The molecule has 2 aromatic rings. The van der Waals surface area contributed by atoms with Crippen LogP contribution in [0.1, 0.15) is 48.1 Å². The van der Waals surface area contributed by atoms with E-state index in [1.54, 1.807) is 6.07 Å². The molecule has 0 spiro atoms. The number of aliphatic imine (C=N–C) groups is 1. The lowest BCUT2D eigenvalue weighted by molar-refractivity contribution is -0.153. The maximum atomic E-state index is 13.0. The average molecular weight is 413 g/mol. The summed E-state index contributed by atoms with van der Waals surface area (Å²) in [5.41, 5.74) is 5.18. The van der Waals surface area contributed by atoms with Crippen molar-refractivity contribution < 1.29 is 22.4 Å². The highest BCUT2D eigenvalue weighted by Gasteiger charge is 2.41. The van der Waals surface area contributed by atoms with Crippen molar-refractivity contribution in [1.82, 2.24) is 9.97 Å². The third-order valence-corrected chi connectivity index (χ3v) is 5.04. The van der Waals surface area contributed by atoms with Gasteiger partial charge in [0.25, 0.3) is 5.91 Å². The van der Waals surface area contributed by atoms with Crippen LogP contribution in [0.15, 0.2) is 27.7 Å². The van der Waals surface area contributed by atoms with Crippen molar-refractivity contribution in [1.29, 1.82) is 0 Å². The number of hydrogen-bond donors (Lipinski definition) is 2. The molecular formula is C17H18F3N5O2S. The normalized spacial score (nSPS) is 22.6. The molecule has 0 bridgehead atoms. The van der Waals surface area contributed by atoms with Gasteiger partial charge < -0.3 is 15.5 Å². The average Bonchev–Trinajstić information content (AvgIpc) is 2.96. The van der Waals surface area contributed by atoms with E-state index in [0.29, 0.717) is 17.3 Å². The van der Waals surface area contributed by atoms with E-state index < -0.39 is 29.1 Å². The zero-order valence-corrected chi connectivity index (χ0v) is 16.1. The molecule has 7 nitrogen and oxygen atoms in total. The van der Waals surface area contributed by atoms with E-state index in [1.165, 1.54) is 30.9 Å². The van der Waals surface area contributed by atoms with E-state index in [9.17, 15) is 18.0 Å². The summed E-state index contributed by atoms with van der Waals surface area (Å²) in [6.45, 7) is 5.12. The summed E-state index contributed by atoms with van der Waals surface area (Å²) < 4.78 is 43.7. The number of anilines is 1. The summed E-state index contributed by atoms with van der Waals surface area (Å²) in [7, 11) is 0. The van der Waals surface area contributed by atoms with E-state index >= 15 is 0 Å². The third-order valence-electron chi connectivity index (χ3n) is 4.14. The molecule has 0 saturated carbocycles. The Bertz CT molecular complexity index is 943. The molecule has 1 amide bonds. The van der Waals surface area contributed by atoms with Crippen molar-refractivity contribution in [3.05, 3.63) is 41.4 Å². The second-order valence-electron chi connectivity index (χ2n) is 6.65. The highest BCUT2D eigenvalue weighted by atomic mass is 32.2. The molecule has 1 aliphatic heterocycles. The summed E-state index contributed by atoms with van der Waals surface area (Å²) in [5.74, 6) is -2.71. The van der Waals surface area contributed by atoms with E-state index in [4.69, 9.17) is 5.73 Å². The second-order valence-corrected chi connectivity index (χ2v) is 8.11. The molecule has 2 aromatic heterocycles. The zero-order chi connectivity index (χ0) is 20.7. The van der Waals surface area contributed by atoms with Crippen LogP contribution in [0.25, 0.3) is 0 Å². The highest BCUT2D eigenvalue weighted by Crippen LogP contribution is 2.38. The van der Waals surface area contributed by atoms with Crippen LogP contribution in [0.2, 0.25) is 0 Å². The number of alkyl halides is 3. The molecule has 0 unspecified atom stereocenters. The largest absolute Gasteiger partial charge is 0.452 e. The molecule has 150 valence electrons. The Balaban J connectivity index is 1.88. The van der Waals surface area contributed by atoms with Gasteiger partial charge >= 0.3 is 6.18 Å². The van der Waals surface area contributed by atoms with E-state index in [-0.39, 0.29) is 16.8 Å². The number of carbonyl (C=O) groups excluding carboxylic acids is 1. The molecule has 1 aliphatic rings. The molecule has 0 fully saturated rings. The zero-order valence-electron chi connectivity index (χ0n) is 15.3. The van der Waals surface area contributed by atoms with Gasteiger partial charge in [-0.3, -0.25) is 9.78 Å². The fraction of sp³-hybridized carbons (Fsp3) is 0.412. The first-order valence-corrected chi connectivity index (χ1v) is 9.20. The minimum atomic E-state index is -4.83. The number of pyridine rings is 1. The maximum absolute atomic E-state index is 13.0. The number of oxazole rings is 1. The number of rotatable bonds is 3. The van der Waals surface area contributed by atoms with E-state index in [2.05, 4.69) is 24.7 Å². The van der Waals surface area contributed by atoms with Crippen molar-refractivity contribution >= 4 is 28.5 Å². The Hall–Kier alpha value is -2.56. The Morgan fingerprint density at radius 2 is 2.18 bits per heavy atom. The molecule has 0 aliphatic carbocycles. The van der Waals surface area contributed by atoms with Crippen molar-refractivity contribution in [2.45, 2.75) is 44.2 Å². The first-order chi connectivity index (χ1) is 13.0. The lowest BCUT2D eigenvalue weighted by atomic mass is 9.91. The standard InChI is InChI=1S/C17H18F3N5O2S/c1-8-7-16(3,25-15(21)28-8)11-6-10(4-5-22-11)24-14(26)12-13(17(18,19)20)27-9(2)23-12/h4-6,8H,7H2,1-3H3,(H2,21,25)(H,22,24,26)/t8-,16+/m1/s1. The van der Waals surface area contributed by atoms with Crippen LogP contribution < -0.4 is 11.1 Å². The van der Waals surface area contributed by atoms with E-state index in [1.807, 2.05) is 13.8 Å². The van der Waals surface area contributed by atoms with Crippen LogP contribution in [-0.2, 0) is 11.7 Å². The molecular weight excluding hydrogens is 395 g/mol. The number of halogens is 3. The lowest BCUT2D eigenvalue weighted by Gasteiger charge is -2.32. The number of amidine groups is 1. The molecule has 3 rings (SSSR count). The van der Waals surface area contributed by atoms with Crippen LogP contribution in [0.4, 0.5) is 18.9 Å². The topological polar surface area (TPSA) is 106 Å². The Morgan fingerprint density at radius 1 is 1.46 bits per heavy atom. The van der Waals surface area contributed by atoms with Gasteiger partial charge in [0.2, 0.25) is 5.76 Å². The summed E-state index contributed by atoms with van der Waals surface area (Å²) >= 11 is 1.46. The van der Waals surface area contributed by atoms with Crippen molar-refractivity contribution in [2.75, 3.05) is 5.32 Å². The van der Waals surface area contributed by atoms with Gasteiger partial charge in [-0.05, 0) is 25.5 Å². The molecule has 0 saturated heterocycles. The van der Waals surface area contributed by atoms with Gasteiger partial charge in [0.05, 0.1) is 5.69 Å². The van der Waals surface area contributed by atoms with Crippen LogP contribution in [0, 0.1) is 6.92 Å². The van der Waals surface area contributed by atoms with Gasteiger partial charge in [-0.25, -0.2) is 9.98 Å². The van der Waals surface area contributed by atoms with Gasteiger partial charge in [0.15, 0.2) is 16.8 Å². The van der Waals surface area contributed by atoms with Crippen molar-refractivity contribution in [2.24, 2.45) is 10.7 Å². The molecule has 0 aromatic carbocycles. The SMILES string of the molecule is Cc1nc(C(=O)Nc2ccnc([C@]3(C)C[C@@H](C)SC(N)=N3)c2)c(C(F)(F)F)o1. The van der Waals surface area contributed by atoms with Crippen LogP contribution >= 0.6 is 11.8 Å². The predicted octanol–water partition coefficient (Wildman–Crippen LogP) is 3.70. The molecule has 28 heavy (non-hydrogen) atoms. The van der Waals surface area contributed by atoms with E-state index in [0.717, 1.165) is 0 Å². The first kappa shape index (κ1) is 20.2. The number of thioether (sulfide) groups is 1. The van der Waals surface area contributed by atoms with Gasteiger partial charge in [-0.2, -0.15) is 13.2 Å². The fourth-order valence-corrected chi connectivity index (χ4v) is 4.13. The molecule has 3 N–H and O–H groups in total. The number of nitrogens with zero attached hydrogens (tertiary/aromatic N) is 3. The summed E-state index contributed by atoms with van der Waals surface area (Å²) in [6.07, 6.45) is -2.70. The van der Waals surface area contributed by atoms with Gasteiger partial charge in [-0.1, -0.05) is 18.7 Å². The highest BCUT2D eigenvalue weighted by molar-refractivity contribution is 8.14. The molecule has 0 radical (unpaired) electrons. The minimum absolute atomic E-state index is 0.218. The van der Waals surface area contributed by atoms with Gasteiger partial charge in [0.1, 0.15) is 5.54 Å².